The molecule has 0 bridgehead atoms. The van der Waals surface area contributed by atoms with E-state index in [9.17, 15) is 18.9 Å². The van der Waals surface area contributed by atoms with Gasteiger partial charge in [0.05, 0.1) is 18.7 Å². The van der Waals surface area contributed by atoms with Crippen molar-refractivity contribution >= 4 is 19.4 Å². The van der Waals surface area contributed by atoms with E-state index in [4.69, 9.17) is 9.63 Å². The second kappa shape index (κ2) is 9.49. The minimum absolute atomic E-state index is 0.286. The molecular formula is C22H26FO5P. The van der Waals surface area contributed by atoms with Crippen molar-refractivity contribution in [2.24, 2.45) is 0 Å². The van der Waals surface area contributed by atoms with Crippen molar-refractivity contribution in [1.29, 1.82) is 0 Å². The molecule has 2 N–H and O–H groups in total. The Labute approximate surface area is 170 Å². The molecule has 0 saturated carbocycles. The van der Waals surface area contributed by atoms with E-state index in [1.807, 2.05) is 26.0 Å². The van der Waals surface area contributed by atoms with Crippen LogP contribution in [0.25, 0.3) is 17.2 Å². The third kappa shape index (κ3) is 6.10. The summed E-state index contributed by atoms with van der Waals surface area (Å²) in [6, 6.07) is 8.82. The molecule has 2 aromatic carbocycles. The largest absolute Gasteiger partial charge is 0.481 e. The summed E-state index contributed by atoms with van der Waals surface area (Å²) >= 11 is 0. The minimum Gasteiger partial charge on any atom is -0.481 e. The minimum atomic E-state index is -3.39. The molecule has 0 spiro atoms. The number of aliphatic carboxylic acids is 1. The molecule has 0 aliphatic heterocycles. The van der Waals surface area contributed by atoms with Crippen LogP contribution in [-0.4, -0.2) is 35.6 Å². The normalized spacial score (nSPS) is 14.7. The zero-order chi connectivity index (χ0) is 21.8. The zero-order valence-corrected chi connectivity index (χ0v) is 17.9. The first kappa shape index (κ1) is 23.0. The lowest BCUT2D eigenvalue weighted by Gasteiger charge is -2.17. The van der Waals surface area contributed by atoms with Crippen LogP contribution in [0.3, 0.4) is 0 Å². The average molecular weight is 420 g/mol. The molecule has 7 heteroatoms. The molecule has 29 heavy (non-hydrogen) atoms. The maximum Gasteiger partial charge on any atom is 0.305 e. The molecule has 0 amide bonds. The van der Waals surface area contributed by atoms with Gasteiger partial charge in [0.2, 0.25) is 7.37 Å². The number of halogens is 1. The van der Waals surface area contributed by atoms with Gasteiger partial charge in [0.1, 0.15) is 5.82 Å². The molecule has 5 nitrogen and oxygen atoms in total. The van der Waals surface area contributed by atoms with Gasteiger partial charge in [0, 0.05) is 12.9 Å². The van der Waals surface area contributed by atoms with Gasteiger partial charge in [-0.2, -0.15) is 0 Å². The molecule has 2 rings (SSSR count). The van der Waals surface area contributed by atoms with Crippen LogP contribution in [0.2, 0.25) is 0 Å². The van der Waals surface area contributed by atoms with Gasteiger partial charge in [0.15, 0.2) is 0 Å². The highest BCUT2D eigenvalue weighted by Crippen LogP contribution is 2.49. The number of carboxylic acid groups (broad SMARTS) is 1. The Morgan fingerprint density at radius 2 is 1.90 bits per heavy atom. The molecule has 0 fully saturated rings. The Hall–Kier alpha value is -2.27. The van der Waals surface area contributed by atoms with Crippen molar-refractivity contribution < 1.29 is 28.5 Å². The number of hydrogen-bond acceptors (Lipinski definition) is 4. The van der Waals surface area contributed by atoms with Gasteiger partial charge in [-0.3, -0.25) is 9.36 Å². The summed E-state index contributed by atoms with van der Waals surface area (Å²) in [4.78, 5) is 10.8. The summed E-state index contributed by atoms with van der Waals surface area (Å²) in [6.45, 7) is 5.58. The predicted molar refractivity (Wildman–Crippen MR) is 113 cm³/mol. The van der Waals surface area contributed by atoms with Crippen molar-refractivity contribution in [3.63, 3.8) is 0 Å². The molecule has 156 valence electrons. The number of carboxylic acids is 1. The van der Waals surface area contributed by atoms with Gasteiger partial charge in [-0.15, -0.1) is 0 Å². The second-order valence-corrected chi connectivity index (χ2v) is 9.65. The molecule has 2 aromatic rings. The van der Waals surface area contributed by atoms with Crippen molar-refractivity contribution in [3.05, 3.63) is 64.2 Å². The van der Waals surface area contributed by atoms with E-state index < -0.39 is 25.9 Å². The number of carbonyl (C=O) groups is 1. The van der Waals surface area contributed by atoms with Crippen molar-refractivity contribution in [2.45, 2.75) is 33.3 Å². The van der Waals surface area contributed by atoms with Gasteiger partial charge in [-0.25, -0.2) is 4.39 Å². The van der Waals surface area contributed by atoms with E-state index >= 15 is 0 Å². The highest BCUT2D eigenvalue weighted by atomic mass is 31.2. The van der Waals surface area contributed by atoms with Crippen LogP contribution in [0.4, 0.5) is 4.39 Å². The fraction of sp³-hybridized carbons (Fsp3) is 0.318. The van der Waals surface area contributed by atoms with Crippen LogP contribution in [0, 0.1) is 26.6 Å². The number of hydrogen-bond donors (Lipinski definition) is 2. The van der Waals surface area contributed by atoms with Crippen LogP contribution in [-0.2, 0) is 13.9 Å². The Balaban J connectivity index is 2.46. The number of aliphatic hydroxyl groups excluding tert-OH is 1. The van der Waals surface area contributed by atoms with Crippen LogP contribution in [0.15, 0.2) is 36.1 Å². The first-order chi connectivity index (χ1) is 13.5. The van der Waals surface area contributed by atoms with Crippen LogP contribution in [0.1, 0.15) is 28.7 Å². The highest BCUT2D eigenvalue weighted by Gasteiger charge is 2.24. The first-order valence-corrected chi connectivity index (χ1v) is 11.0. The smallest absolute Gasteiger partial charge is 0.305 e. The molecule has 0 heterocycles. The Morgan fingerprint density at radius 3 is 2.48 bits per heavy atom. The molecule has 0 radical (unpaired) electrons. The topological polar surface area (TPSA) is 83.8 Å². The lowest BCUT2D eigenvalue weighted by atomic mass is 9.93. The SMILES string of the molecule is COP(=O)(C=Cc1c(C)cc(C)cc1-c1ccc(F)c(C)c1)C[C@H](O)CC(=O)O. The van der Waals surface area contributed by atoms with Crippen molar-refractivity contribution in [3.8, 4) is 11.1 Å². The Morgan fingerprint density at radius 1 is 1.21 bits per heavy atom. The van der Waals surface area contributed by atoms with Gasteiger partial charge in [-0.1, -0.05) is 23.8 Å². The summed E-state index contributed by atoms with van der Waals surface area (Å²) in [7, 11) is -2.12. The third-order valence-corrected chi connectivity index (χ3v) is 6.80. The molecule has 0 aliphatic carbocycles. The second-order valence-electron chi connectivity index (χ2n) is 7.17. The van der Waals surface area contributed by atoms with E-state index in [0.29, 0.717) is 5.56 Å². The highest BCUT2D eigenvalue weighted by molar-refractivity contribution is 7.62. The lowest BCUT2D eigenvalue weighted by Crippen LogP contribution is -2.17. The van der Waals surface area contributed by atoms with Gasteiger partial charge in [-0.05, 0) is 66.8 Å². The van der Waals surface area contributed by atoms with Gasteiger partial charge in [0.25, 0.3) is 0 Å². The summed E-state index contributed by atoms with van der Waals surface area (Å²) in [5, 5.41) is 18.7. The van der Waals surface area contributed by atoms with Gasteiger partial charge < -0.3 is 14.7 Å². The summed E-state index contributed by atoms with van der Waals surface area (Å²) in [6.07, 6.45) is -0.408. The summed E-state index contributed by atoms with van der Waals surface area (Å²) in [5.41, 5.74) is 4.97. The molecule has 2 atom stereocenters. The number of rotatable bonds is 8. The average Bonchev–Trinajstić information content (AvgIpc) is 2.62. The monoisotopic (exact) mass is 420 g/mol. The van der Waals surface area contributed by atoms with Crippen molar-refractivity contribution in [1.82, 2.24) is 0 Å². The quantitative estimate of drug-likeness (QED) is 0.577. The first-order valence-electron chi connectivity index (χ1n) is 9.16. The zero-order valence-electron chi connectivity index (χ0n) is 17.0. The third-order valence-electron chi connectivity index (χ3n) is 4.65. The van der Waals surface area contributed by atoms with E-state index in [2.05, 4.69) is 0 Å². The molecule has 0 aromatic heterocycles. The van der Waals surface area contributed by atoms with E-state index in [0.717, 1.165) is 27.8 Å². The van der Waals surface area contributed by atoms with Crippen LogP contribution >= 0.6 is 7.37 Å². The molecule has 0 saturated heterocycles. The van der Waals surface area contributed by atoms with Crippen LogP contribution < -0.4 is 0 Å². The molecule has 1 unspecified atom stereocenters. The summed E-state index contributed by atoms with van der Waals surface area (Å²) in [5.74, 6) is -0.0608. The van der Waals surface area contributed by atoms with E-state index in [1.54, 1.807) is 25.1 Å². The molecule has 0 aliphatic rings. The number of benzene rings is 2. The predicted octanol–water partition coefficient (Wildman–Crippen LogP) is 5.15. The van der Waals surface area contributed by atoms with Crippen molar-refractivity contribution in [2.75, 3.05) is 13.3 Å². The Bertz CT molecular complexity index is 983. The standard InChI is InChI=1S/C22H26FO5P/c1-14-9-15(2)19(20(10-14)17-5-6-21(23)16(3)11-17)7-8-29(27,28-4)13-18(24)12-22(25)26/h5-11,18,24H,12-13H2,1-4H3,(H,25,26)/t18-,29?/m1/s1. The fourth-order valence-corrected chi connectivity index (χ4v) is 4.68. The number of aryl methyl sites for hydroxylation is 3. The van der Waals surface area contributed by atoms with Crippen LogP contribution in [0.5, 0.6) is 0 Å². The fourth-order valence-electron chi connectivity index (χ4n) is 3.20. The number of aliphatic hydroxyl groups is 1. The van der Waals surface area contributed by atoms with E-state index in [1.165, 1.54) is 19.0 Å². The lowest BCUT2D eigenvalue weighted by molar-refractivity contribution is -0.138. The molecular weight excluding hydrogens is 394 g/mol. The summed E-state index contributed by atoms with van der Waals surface area (Å²) < 4.78 is 31.8. The maximum atomic E-state index is 13.7. The van der Waals surface area contributed by atoms with E-state index in [-0.39, 0.29) is 12.0 Å². The van der Waals surface area contributed by atoms with Gasteiger partial charge >= 0.3 is 5.97 Å². The maximum absolute atomic E-state index is 13.7. The Kier molecular flexibility index (Phi) is 7.53.